The van der Waals surface area contributed by atoms with Crippen molar-refractivity contribution in [2.75, 3.05) is 28.7 Å². The molecule has 3 aromatic rings. The zero-order valence-electron chi connectivity index (χ0n) is 17.0. The van der Waals surface area contributed by atoms with Crippen molar-refractivity contribution >= 4 is 41.1 Å². The molecule has 0 radical (unpaired) electrons. The van der Waals surface area contributed by atoms with Gasteiger partial charge in [0, 0.05) is 18.0 Å². The van der Waals surface area contributed by atoms with Crippen molar-refractivity contribution in [1.29, 1.82) is 0 Å². The topological polar surface area (TPSA) is 128 Å². The summed E-state index contributed by atoms with van der Waals surface area (Å²) in [4.78, 5) is 35.6. The fourth-order valence-electron chi connectivity index (χ4n) is 2.52. The second kappa shape index (κ2) is 10.4. The molecule has 10 nitrogen and oxygen atoms in total. The van der Waals surface area contributed by atoms with Crippen LogP contribution in [0.5, 0.6) is 0 Å². The summed E-state index contributed by atoms with van der Waals surface area (Å²) in [5.41, 5.74) is 1.55. The molecule has 0 bridgehead atoms. The lowest BCUT2D eigenvalue weighted by Gasteiger charge is -2.07. The Hall–Kier alpha value is -3.60. The number of aryl methyl sites for hydroxylation is 1. The molecule has 0 atom stereocenters. The van der Waals surface area contributed by atoms with Gasteiger partial charge in [-0.15, -0.1) is 11.8 Å². The Labute approximate surface area is 182 Å². The Kier molecular flexibility index (Phi) is 7.44. The van der Waals surface area contributed by atoms with Crippen molar-refractivity contribution in [3.05, 3.63) is 54.0 Å². The maximum Gasteiger partial charge on any atom is 0.358 e. The molecule has 0 unspecified atom stereocenters. The van der Waals surface area contributed by atoms with Gasteiger partial charge >= 0.3 is 5.97 Å². The van der Waals surface area contributed by atoms with Gasteiger partial charge in [-0.3, -0.25) is 9.59 Å². The molecule has 3 rings (SSSR count). The van der Waals surface area contributed by atoms with Crippen LogP contribution < -0.4 is 10.6 Å². The number of thioether (sulfide) groups is 1. The lowest BCUT2D eigenvalue weighted by Crippen LogP contribution is -2.18. The highest BCUT2D eigenvalue weighted by Crippen LogP contribution is 2.14. The van der Waals surface area contributed by atoms with E-state index in [1.54, 1.807) is 61.1 Å². The average Bonchev–Trinajstić information content (AvgIpc) is 3.38. The molecule has 2 heterocycles. The molecule has 11 heteroatoms. The highest BCUT2D eigenvalue weighted by molar-refractivity contribution is 8.00. The van der Waals surface area contributed by atoms with Gasteiger partial charge in [-0.1, -0.05) is 5.16 Å². The number of hydrogen-bond donors (Lipinski definition) is 2. The number of benzene rings is 1. The maximum atomic E-state index is 12.1. The van der Waals surface area contributed by atoms with Crippen molar-refractivity contribution in [3.63, 3.8) is 0 Å². The minimum atomic E-state index is -0.479. The van der Waals surface area contributed by atoms with Gasteiger partial charge < -0.3 is 19.9 Å². The van der Waals surface area contributed by atoms with E-state index < -0.39 is 5.97 Å². The predicted octanol–water partition coefficient (Wildman–Crippen LogP) is 2.66. The number of carbonyl (C=O) groups is 3. The lowest BCUT2D eigenvalue weighted by atomic mass is 10.3. The zero-order valence-corrected chi connectivity index (χ0v) is 17.8. The Morgan fingerprint density at radius 1 is 1.10 bits per heavy atom. The molecule has 2 N–H and O–H groups in total. The number of nitrogens with one attached hydrogen (secondary N) is 2. The van der Waals surface area contributed by atoms with Crippen molar-refractivity contribution in [2.24, 2.45) is 0 Å². The average molecular weight is 443 g/mol. The molecule has 0 spiro atoms. The first-order valence-electron chi connectivity index (χ1n) is 9.38. The number of hydrogen-bond acceptors (Lipinski definition) is 8. The summed E-state index contributed by atoms with van der Waals surface area (Å²) < 4.78 is 11.3. The number of ether oxygens (including phenoxy) is 1. The van der Waals surface area contributed by atoms with E-state index in [1.165, 1.54) is 11.8 Å². The van der Waals surface area contributed by atoms with Gasteiger partial charge in [0.05, 0.1) is 23.8 Å². The van der Waals surface area contributed by atoms with Crippen LogP contribution in [0.15, 0.2) is 47.1 Å². The van der Waals surface area contributed by atoms with E-state index in [-0.39, 0.29) is 35.6 Å². The Bertz CT molecular complexity index is 1060. The molecular weight excluding hydrogens is 422 g/mol. The van der Waals surface area contributed by atoms with Crippen LogP contribution in [0.1, 0.15) is 23.2 Å². The van der Waals surface area contributed by atoms with Gasteiger partial charge in [0.2, 0.25) is 11.8 Å². The first-order valence-corrected chi connectivity index (χ1v) is 10.5. The molecule has 0 aliphatic heterocycles. The summed E-state index contributed by atoms with van der Waals surface area (Å²) in [7, 11) is 0. The monoisotopic (exact) mass is 443 g/mol. The van der Waals surface area contributed by atoms with Crippen molar-refractivity contribution < 1.29 is 23.6 Å². The third kappa shape index (κ3) is 6.44. The lowest BCUT2D eigenvalue weighted by molar-refractivity contribution is -0.114. The van der Waals surface area contributed by atoms with E-state index in [4.69, 9.17) is 9.26 Å². The smallest absolute Gasteiger partial charge is 0.358 e. The van der Waals surface area contributed by atoms with Crippen LogP contribution in [0.4, 0.5) is 11.5 Å². The van der Waals surface area contributed by atoms with Gasteiger partial charge in [0.1, 0.15) is 5.76 Å². The second-order valence-electron chi connectivity index (χ2n) is 6.32. The SMILES string of the molecule is CCOC(=O)c1ccn(-c2ccc(NC(=O)CSCC(=O)Nc3cc(C)on3)cc2)n1. The molecule has 31 heavy (non-hydrogen) atoms. The third-order valence-corrected chi connectivity index (χ3v) is 4.78. The van der Waals surface area contributed by atoms with Crippen LogP contribution in [0.3, 0.4) is 0 Å². The Balaban J connectivity index is 1.44. The number of aromatic nitrogens is 3. The molecule has 2 aromatic heterocycles. The van der Waals surface area contributed by atoms with Crippen LogP contribution in [0.25, 0.3) is 5.69 Å². The van der Waals surface area contributed by atoms with E-state index in [9.17, 15) is 14.4 Å². The minimum Gasteiger partial charge on any atom is -0.461 e. The standard InChI is InChI=1S/C20H21N5O5S/c1-3-29-20(28)16-8-9-25(23-16)15-6-4-14(5-7-15)21-18(26)11-31-12-19(27)22-17-10-13(2)30-24-17/h4-10H,3,11-12H2,1-2H3,(H,21,26)(H,22,24,27). The zero-order chi connectivity index (χ0) is 22.2. The Morgan fingerprint density at radius 3 is 2.45 bits per heavy atom. The van der Waals surface area contributed by atoms with Crippen LogP contribution in [0.2, 0.25) is 0 Å². The fourth-order valence-corrected chi connectivity index (χ4v) is 3.13. The molecule has 2 amide bonds. The molecule has 1 aromatic carbocycles. The normalized spacial score (nSPS) is 10.5. The second-order valence-corrected chi connectivity index (χ2v) is 7.31. The van der Waals surface area contributed by atoms with E-state index >= 15 is 0 Å². The van der Waals surface area contributed by atoms with Crippen molar-refractivity contribution in [1.82, 2.24) is 14.9 Å². The van der Waals surface area contributed by atoms with Crippen LogP contribution in [-0.4, -0.2) is 50.8 Å². The Morgan fingerprint density at radius 2 is 1.81 bits per heavy atom. The number of nitrogens with zero attached hydrogens (tertiary/aromatic N) is 3. The van der Waals surface area contributed by atoms with E-state index in [0.717, 1.165) is 5.69 Å². The largest absolute Gasteiger partial charge is 0.461 e. The molecular formula is C20H21N5O5S. The van der Waals surface area contributed by atoms with Gasteiger partial charge in [0.25, 0.3) is 0 Å². The number of carbonyl (C=O) groups excluding carboxylic acids is 3. The minimum absolute atomic E-state index is 0.111. The predicted molar refractivity (Wildman–Crippen MR) is 115 cm³/mol. The molecule has 0 fully saturated rings. The highest BCUT2D eigenvalue weighted by atomic mass is 32.2. The maximum absolute atomic E-state index is 12.1. The highest BCUT2D eigenvalue weighted by Gasteiger charge is 2.11. The number of anilines is 2. The van der Waals surface area contributed by atoms with Crippen LogP contribution in [0, 0.1) is 6.92 Å². The van der Waals surface area contributed by atoms with Gasteiger partial charge in [0.15, 0.2) is 11.5 Å². The van der Waals surface area contributed by atoms with Crippen LogP contribution >= 0.6 is 11.8 Å². The molecule has 0 aliphatic rings. The first kappa shape index (κ1) is 22.1. The number of rotatable bonds is 9. The van der Waals surface area contributed by atoms with Crippen LogP contribution in [-0.2, 0) is 14.3 Å². The molecule has 0 aliphatic carbocycles. The summed E-state index contributed by atoms with van der Waals surface area (Å²) in [5.74, 6) is 0.200. The third-order valence-electron chi connectivity index (χ3n) is 3.85. The van der Waals surface area contributed by atoms with Gasteiger partial charge in [-0.2, -0.15) is 5.10 Å². The molecule has 0 saturated heterocycles. The summed E-state index contributed by atoms with van der Waals surface area (Å²) in [6.07, 6.45) is 1.65. The van der Waals surface area contributed by atoms with E-state index in [2.05, 4.69) is 20.9 Å². The summed E-state index contributed by atoms with van der Waals surface area (Å²) in [6.45, 7) is 3.74. The van der Waals surface area contributed by atoms with E-state index in [1.807, 2.05) is 0 Å². The van der Waals surface area contributed by atoms with Gasteiger partial charge in [-0.05, 0) is 44.2 Å². The fraction of sp³-hybridized carbons (Fsp3) is 0.250. The van der Waals surface area contributed by atoms with E-state index in [0.29, 0.717) is 17.3 Å². The van der Waals surface area contributed by atoms with Gasteiger partial charge in [-0.25, -0.2) is 9.48 Å². The van der Waals surface area contributed by atoms with Crippen molar-refractivity contribution in [3.8, 4) is 5.69 Å². The summed E-state index contributed by atoms with van der Waals surface area (Å²) in [5, 5.41) is 13.2. The number of amides is 2. The summed E-state index contributed by atoms with van der Waals surface area (Å²) >= 11 is 1.18. The van der Waals surface area contributed by atoms with Crippen molar-refractivity contribution in [2.45, 2.75) is 13.8 Å². The molecule has 0 saturated carbocycles. The first-order chi connectivity index (χ1) is 14.9. The number of esters is 1. The molecule has 162 valence electrons. The quantitative estimate of drug-likeness (QED) is 0.483. The summed E-state index contributed by atoms with van der Waals surface area (Å²) in [6, 6.07) is 10.2.